The second-order valence-electron chi connectivity index (χ2n) is 10.0. The highest BCUT2D eigenvalue weighted by atomic mass is 16.5. The molecule has 0 heterocycles. The molecule has 0 spiro atoms. The Morgan fingerprint density at radius 2 is 0.971 bits per heavy atom. The van der Waals surface area contributed by atoms with Gasteiger partial charge in [0, 0.05) is 12.8 Å². The Bertz CT molecular complexity index is 449. The summed E-state index contributed by atoms with van der Waals surface area (Å²) in [4.78, 5) is 23.8. The van der Waals surface area contributed by atoms with Crippen molar-refractivity contribution in [2.75, 3.05) is 6.61 Å². The minimum absolute atomic E-state index is 0.0484. The SMILES string of the molecule is CCCCCCCCCCCCCCCCCOC(=O)CCCCC(=O)OC(CC)CCCC. The topological polar surface area (TPSA) is 52.6 Å². The van der Waals surface area contributed by atoms with Gasteiger partial charge in [-0.2, -0.15) is 0 Å². The van der Waals surface area contributed by atoms with Crippen LogP contribution in [0, 0.1) is 0 Å². The molecule has 0 amide bonds. The average molecular weight is 483 g/mol. The fourth-order valence-electron chi connectivity index (χ4n) is 4.29. The van der Waals surface area contributed by atoms with Gasteiger partial charge in [0.15, 0.2) is 0 Å². The quantitative estimate of drug-likeness (QED) is 0.0909. The van der Waals surface area contributed by atoms with Gasteiger partial charge < -0.3 is 9.47 Å². The summed E-state index contributed by atoms with van der Waals surface area (Å²) in [6.07, 6.45) is 26.3. The van der Waals surface area contributed by atoms with E-state index in [1.165, 1.54) is 83.5 Å². The number of esters is 2. The van der Waals surface area contributed by atoms with Crippen LogP contribution >= 0.6 is 0 Å². The molecule has 0 saturated heterocycles. The molecule has 0 aromatic carbocycles. The zero-order valence-electron chi connectivity index (χ0n) is 23.2. The Hall–Kier alpha value is -1.06. The summed E-state index contributed by atoms with van der Waals surface area (Å²) in [5.41, 5.74) is 0. The van der Waals surface area contributed by atoms with Gasteiger partial charge >= 0.3 is 11.9 Å². The molecular weight excluding hydrogens is 424 g/mol. The molecule has 0 rings (SSSR count). The molecule has 0 aliphatic rings. The van der Waals surface area contributed by atoms with Crippen LogP contribution in [0.1, 0.15) is 168 Å². The number of hydrogen-bond acceptors (Lipinski definition) is 4. The van der Waals surface area contributed by atoms with E-state index in [1.54, 1.807) is 0 Å². The summed E-state index contributed by atoms with van der Waals surface area (Å²) in [6.45, 7) is 7.02. The van der Waals surface area contributed by atoms with Crippen LogP contribution in [0.25, 0.3) is 0 Å². The highest BCUT2D eigenvalue weighted by molar-refractivity contribution is 5.70. The Labute approximate surface area is 212 Å². The van der Waals surface area contributed by atoms with Crippen molar-refractivity contribution in [2.24, 2.45) is 0 Å². The maximum absolute atomic E-state index is 11.9. The van der Waals surface area contributed by atoms with Gasteiger partial charge in [-0.25, -0.2) is 0 Å². The van der Waals surface area contributed by atoms with Crippen molar-refractivity contribution in [3.05, 3.63) is 0 Å². The first-order chi connectivity index (χ1) is 16.6. The largest absolute Gasteiger partial charge is 0.466 e. The van der Waals surface area contributed by atoms with Gasteiger partial charge in [0.25, 0.3) is 0 Å². The van der Waals surface area contributed by atoms with Crippen LogP contribution < -0.4 is 0 Å². The molecule has 4 heteroatoms. The van der Waals surface area contributed by atoms with Crippen molar-refractivity contribution < 1.29 is 19.1 Å². The van der Waals surface area contributed by atoms with E-state index in [9.17, 15) is 9.59 Å². The highest BCUT2D eigenvalue weighted by Gasteiger charge is 2.12. The van der Waals surface area contributed by atoms with Crippen molar-refractivity contribution in [1.29, 1.82) is 0 Å². The Morgan fingerprint density at radius 1 is 0.529 bits per heavy atom. The van der Waals surface area contributed by atoms with Crippen molar-refractivity contribution >= 4 is 11.9 Å². The van der Waals surface area contributed by atoms with E-state index in [2.05, 4.69) is 20.8 Å². The molecule has 0 aliphatic carbocycles. The lowest BCUT2D eigenvalue weighted by atomic mass is 10.0. The molecular formula is C30H58O4. The molecule has 0 N–H and O–H groups in total. The van der Waals surface area contributed by atoms with Crippen LogP contribution in [0.2, 0.25) is 0 Å². The Morgan fingerprint density at radius 3 is 1.44 bits per heavy atom. The predicted octanol–water partition coefficient (Wildman–Crippen LogP) is 9.47. The van der Waals surface area contributed by atoms with Gasteiger partial charge in [0.2, 0.25) is 0 Å². The van der Waals surface area contributed by atoms with Gasteiger partial charge in [-0.15, -0.1) is 0 Å². The van der Waals surface area contributed by atoms with Gasteiger partial charge in [0.1, 0.15) is 6.10 Å². The molecule has 34 heavy (non-hydrogen) atoms. The summed E-state index contributed by atoms with van der Waals surface area (Å²) >= 11 is 0. The lowest BCUT2D eigenvalue weighted by Gasteiger charge is -2.15. The zero-order valence-corrected chi connectivity index (χ0v) is 23.2. The number of ether oxygens (including phenoxy) is 2. The van der Waals surface area contributed by atoms with Crippen LogP contribution in [-0.4, -0.2) is 24.6 Å². The van der Waals surface area contributed by atoms with E-state index in [4.69, 9.17) is 9.47 Å². The van der Waals surface area contributed by atoms with E-state index in [0.717, 1.165) is 38.5 Å². The molecule has 0 radical (unpaired) electrons. The second-order valence-corrected chi connectivity index (χ2v) is 10.0. The third-order valence-electron chi connectivity index (χ3n) is 6.66. The predicted molar refractivity (Wildman–Crippen MR) is 144 cm³/mol. The molecule has 0 aromatic rings. The first-order valence-electron chi connectivity index (χ1n) is 15.0. The van der Waals surface area contributed by atoms with Gasteiger partial charge in [0.05, 0.1) is 6.61 Å². The van der Waals surface area contributed by atoms with E-state index in [0.29, 0.717) is 32.3 Å². The minimum Gasteiger partial charge on any atom is -0.466 e. The molecule has 0 aromatic heterocycles. The summed E-state index contributed by atoms with van der Waals surface area (Å²) < 4.78 is 10.9. The van der Waals surface area contributed by atoms with Crippen LogP contribution in [0.15, 0.2) is 0 Å². The van der Waals surface area contributed by atoms with Gasteiger partial charge in [-0.05, 0) is 32.1 Å². The molecule has 0 fully saturated rings. The van der Waals surface area contributed by atoms with Crippen LogP contribution in [0.4, 0.5) is 0 Å². The first kappa shape index (κ1) is 32.9. The van der Waals surface area contributed by atoms with Crippen molar-refractivity contribution in [1.82, 2.24) is 0 Å². The van der Waals surface area contributed by atoms with Gasteiger partial charge in [-0.1, -0.05) is 124 Å². The normalized spacial score (nSPS) is 12.0. The van der Waals surface area contributed by atoms with E-state index < -0.39 is 0 Å². The summed E-state index contributed by atoms with van der Waals surface area (Å²) in [7, 11) is 0. The third-order valence-corrected chi connectivity index (χ3v) is 6.66. The highest BCUT2D eigenvalue weighted by Crippen LogP contribution is 2.14. The maximum Gasteiger partial charge on any atom is 0.306 e. The Kier molecular flexibility index (Phi) is 25.7. The van der Waals surface area contributed by atoms with Crippen molar-refractivity contribution in [3.63, 3.8) is 0 Å². The second kappa shape index (κ2) is 26.5. The standard InChI is InChI=1S/C30H58O4/c1-4-7-9-10-11-12-13-14-15-16-17-18-19-20-23-27-33-29(31)25-21-22-26-30(32)34-28(6-3)24-8-5-2/h28H,4-27H2,1-3H3. The molecule has 4 nitrogen and oxygen atoms in total. The average Bonchev–Trinajstić information content (AvgIpc) is 2.84. The number of hydrogen-bond donors (Lipinski definition) is 0. The smallest absolute Gasteiger partial charge is 0.306 e. The van der Waals surface area contributed by atoms with Crippen molar-refractivity contribution in [3.8, 4) is 0 Å². The lowest BCUT2D eigenvalue weighted by Crippen LogP contribution is -2.17. The molecule has 1 atom stereocenters. The Balaban J connectivity index is 3.35. The number of rotatable bonds is 26. The molecule has 1 unspecified atom stereocenters. The molecule has 0 saturated carbocycles. The lowest BCUT2D eigenvalue weighted by molar-refractivity contribution is -0.150. The van der Waals surface area contributed by atoms with Crippen molar-refractivity contribution in [2.45, 2.75) is 175 Å². The van der Waals surface area contributed by atoms with Crippen LogP contribution in [0.5, 0.6) is 0 Å². The van der Waals surface area contributed by atoms with Gasteiger partial charge in [-0.3, -0.25) is 9.59 Å². The van der Waals surface area contributed by atoms with Crippen LogP contribution in [-0.2, 0) is 19.1 Å². The van der Waals surface area contributed by atoms with E-state index >= 15 is 0 Å². The molecule has 0 aliphatic heterocycles. The summed E-state index contributed by atoms with van der Waals surface area (Å²) in [5.74, 6) is -0.262. The maximum atomic E-state index is 11.9. The van der Waals surface area contributed by atoms with Crippen LogP contribution in [0.3, 0.4) is 0 Å². The summed E-state index contributed by atoms with van der Waals surface area (Å²) in [5, 5.41) is 0. The fraction of sp³-hybridized carbons (Fsp3) is 0.933. The third kappa shape index (κ3) is 24.1. The number of carbonyl (C=O) groups is 2. The minimum atomic E-state index is -0.131. The molecule has 202 valence electrons. The number of carbonyl (C=O) groups excluding carboxylic acids is 2. The fourth-order valence-corrected chi connectivity index (χ4v) is 4.29. The monoisotopic (exact) mass is 482 g/mol. The number of unbranched alkanes of at least 4 members (excludes halogenated alkanes) is 16. The zero-order chi connectivity index (χ0) is 25.1. The molecule has 0 bridgehead atoms. The van der Waals surface area contributed by atoms with E-state index in [1.807, 2.05) is 0 Å². The van der Waals surface area contributed by atoms with E-state index in [-0.39, 0.29) is 18.0 Å². The first-order valence-corrected chi connectivity index (χ1v) is 15.0. The summed E-state index contributed by atoms with van der Waals surface area (Å²) in [6, 6.07) is 0.